The Hall–Kier alpha value is -2.44. The largest absolute Gasteiger partial charge is 0.328 e. The third-order valence-electron chi connectivity index (χ3n) is 2.27. The van der Waals surface area contributed by atoms with Crippen molar-refractivity contribution in [2.45, 2.75) is 13.0 Å². The van der Waals surface area contributed by atoms with Crippen LogP contribution in [-0.2, 0) is 0 Å². The highest BCUT2D eigenvalue weighted by Gasteiger charge is 2.11. The average Bonchev–Trinajstić information content (AvgIpc) is 2.81. The number of amides is 2. The summed E-state index contributed by atoms with van der Waals surface area (Å²) >= 11 is 0. The molecular formula is C11H12FN5O. The molecule has 2 aromatic rings. The molecule has 6 nitrogen and oxygen atoms in total. The molecular weight excluding hydrogens is 237 g/mol. The summed E-state index contributed by atoms with van der Waals surface area (Å²) in [4.78, 5) is 15.5. The molecule has 2 amide bonds. The van der Waals surface area contributed by atoms with E-state index in [-0.39, 0.29) is 6.04 Å². The van der Waals surface area contributed by atoms with E-state index in [1.165, 1.54) is 24.5 Å². The van der Waals surface area contributed by atoms with Gasteiger partial charge in [-0.15, -0.1) is 0 Å². The zero-order valence-corrected chi connectivity index (χ0v) is 9.64. The molecule has 0 radical (unpaired) electrons. The first kappa shape index (κ1) is 12.0. The molecule has 0 aliphatic carbocycles. The predicted octanol–water partition coefficient (Wildman–Crippen LogP) is 1.83. The maximum Gasteiger partial charge on any atom is 0.319 e. The van der Waals surface area contributed by atoms with E-state index in [2.05, 4.69) is 25.8 Å². The van der Waals surface area contributed by atoms with Crippen molar-refractivity contribution < 1.29 is 9.18 Å². The van der Waals surface area contributed by atoms with Gasteiger partial charge in [-0.2, -0.15) is 5.10 Å². The summed E-state index contributed by atoms with van der Waals surface area (Å²) in [6.45, 7) is 1.76. The molecule has 18 heavy (non-hydrogen) atoms. The van der Waals surface area contributed by atoms with Crippen LogP contribution in [0.3, 0.4) is 0 Å². The molecule has 1 atom stereocenters. The molecule has 2 rings (SSSR count). The van der Waals surface area contributed by atoms with Crippen molar-refractivity contribution in [3.63, 3.8) is 0 Å². The van der Waals surface area contributed by atoms with E-state index in [4.69, 9.17) is 0 Å². The fourth-order valence-electron chi connectivity index (χ4n) is 1.42. The van der Waals surface area contributed by atoms with E-state index in [1.54, 1.807) is 13.0 Å². The van der Waals surface area contributed by atoms with Gasteiger partial charge in [-0.05, 0) is 25.1 Å². The summed E-state index contributed by atoms with van der Waals surface area (Å²) in [7, 11) is 0. The number of carbonyl (C=O) groups excluding carboxylic acids is 1. The monoisotopic (exact) mass is 249 g/mol. The minimum absolute atomic E-state index is 0.318. The molecule has 0 bridgehead atoms. The second kappa shape index (κ2) is 5.26. The van der Waals surface area contributed by atoms with Crippen LogP contribution in [0.15, 0.2) is 30.6 Å². The minimum Gasteiger partial charge on any atom is -0.328 e. The number of hydrogen-bond acceptors (Lipinski definition) is 3. The molecule has 0 aliphatic heterocycles. The number of carbonyl (C=O) groups is 1. The molecule has 1 aromatic heterocycles. The third kappa shape index (κ3) is 3.03. The van der Waals surface area contributed by atoms with Crippen LogP contribution in [0.5, 0.6) is 0 Å². The molecule has 1 heterocycles. The van der Waals surface area contributed by atoms with Crippen molar-refractivity contribution in [3.8, 4) is 0 Å². The van der Waals surface area contributed by atoms with Gasteiger partial charge in [-0.1, -0.05) is 6.07 Å². The molecule has 3 N–H and O–H groups in total. The highest BCUT2D eigenvalue weighted by atomic mass is 19.1. The van der Waals surface area contributed by atoms with Crippen molar-refractivity contribution in [1.82, 2.24) is 20.5 Å². The Bertz CT molecular complexity index is 528. The van der Waals surface area contributed by atoms with Crippen LogP contribution in [0.4, 0.5) is 14.9 Å². The molecule has 0 fully saturated rings. The zero-order chi connectivity index (χ0) is 13.0. The Morgan fingerprint density at radius 2 is 2.33 bits per heavy atom. The van der Waals surface area contributed by atoms with Gasteiger partial charge in [0.05, 0.1) is 6.04 Å². The quantitative estimate of drug-likeness (QED) is 0.776. The van der Waals surface area contributed by atoms with Crippen LogP contribution in [0, 0.1) is 5.82 Å². The smallest absolute Gasteiger partial charge is 0.319 e. The number of rotatable bonds is 3. The first-order valence-corrected chi connectivity index (χ1v) is 5.33. The number of halogens is 1. The van der Waals surface area contributed by atoms with E-state index >= 15 is 0 Å². The lowest BCUT2D eigenvalue weighted by atomic mass is 10.3. The summed E-state index contributed by atoms with van der Waals surface area (Å²) in [5.74, 6) is 0.139. The van der Waals surface area contributed by atoms with E-state index in [0.29, 0.717) is 11.5 Å². The number of hydrogen-bond donors (Lipinski definition) is 3. The number of aromatic nitrogens is 3. The zero-order valence-electron chi connectivity index (χ0n) is 9.64. The van der Waals surface area contributed by atoms with Gasteiger partial charge < -0.3 is 10.6 Å². The standard InChI is InChI=1S/C11H12FN5O/c1-7(10-13-6-14-17-10)15-11(18)16-9-4-2-3-8(12)5-9/h2-7H,1H3,(H,13,14,17)(H2,15,16,18). The van der Waals surface area contributed by atoms with Crippen LogP contribution >= 0.6 is 0 Å². The topological polar surface area (TPSA) is 82.7 Å². The predicted molar refractivity (Wildman–Crippen MR) is 63.4 cm³/mol. The molecule has 0 saturated heterocycles. The molecule has 94 valence electrons. The lowest BCUT2D eigenvalue weighted by Gasteiger charge is -2.12. The number of aromatic amines is 1. The first-order chi connectivity index (χ1) is 8.65. The average molecular weight is 249 g/mol. The van der Waals surface area contributed by atoms with Crippen LogP contribution in [0.1, 0.15) is 18.8 Å². The highest BCUT2D eigenvalue weighted by molar-refractivity contribution is 5.89. The van der Waals surface area contributed by atoms with Crippen molar-refractivity contribution >= 4 is 11.7 Å². The van der Waals surface area contributed by atoms with Gasteiger partial charge in [-0.25, -0.2) is 14.2 Å². The summed E-state index contributed by atoms with van der Waals surface area (Å²) in [5, 5.41) is 11.5. The summed E-state index contributed by atoms with van der Waals surface area (Å²) in [5.41, 5.74) is 0.386. The third-order valence-corrected chi connectivity index (χ3v) is 2.27. The van der Waals surface area contributed by atoms with Crippen molar-refractivity contribution in [1.29, 1.82) is 0 Å². The van der Waals surface area contributed by atoms with Gasteiger partial charge in [0.1, 0.15) is 18.0 Å². The van der Waals surface area contributed by atoms with Gasteiger partial charge in [0.15, 0.2) is 0 Å². The Morgan fingerprint density at radius 3 is 3.00 bits per heavy atom. The van der Waals surface area contributed by atoms with E-state index < -0.39 is 11.8 Å². The Kier molecular flexibility index (Phi) is 3.52. The van der Waals surface area contributed by atoms with Gasteiger partial charge in [-0.3, -0.25) is 5.10 Å². The van der Waals surface area contributed by atoms with Gasteiger partial charge in [0, 0.05) is 5.69 Å². The van der Waals surface area contributed by atoms with Crippen LogP contribution in [0.25, 0.3) is 0 Å². The summed E-state index contributed by atoms with van der Waals surface area (Å²) in [6, 6.07) is 4.90. The second-order valence-electron chi connectivity index (χ2n) is 3.70. The maximum atomic E-state index is 12.9. The molecule has 0 aliphatic rings. The van der Waals surface area contributed by atoms with E-state index in [0.717, 1.165) is 0 Å². The van der Waals surface area contributed by atoms with E-state index in [1.807, 2.05) is 0 Å². The Morgan fingerprint density at radius 1 is 1.50 bits per heavy atom. The van der Waals surface area contributed by atoms with Crippen LogP contribution in [0.2, 0.25) is 0 Å². The normalized spacial score (nSPS) is 11.9. The fourth-order valence-corrected chi connectivity index (χ4v) is 1.42. The lowest BCUT2D eigenvalue weighted by Crippen LogP contribution is -2.31. The SMILES string of the molecule is CC(NC(=O)Nc1cccc(F)c1)c1ncn[nH]1. The van der Waals surface area contributed by atoms with Crippen LogP contribution < -0.4 is 10.6 Å². The van der Waals surface area contributed by atoms with Crippen LogP contribution in [-0.4, -0.2) is 21.2 Å². The van der Waals surface area contributed by atoms with E-state index in [9.17, 15) is 9.18 Å². The highest BCUT2D eigenvalue weighted by Crippen LogP contribution is 2.10. The molecule has 1 unspecified atom stereocenters. The van der Waals surface area contributed by atoms with Gasteiger partial charge in [0.2, 0.25) is 0 Å². The number of benzene rings is 1. The van der Waals surface area contributed by atoms with Gasteiger partial charge in [0.25, 0.3) is 0 Å². The lowest BCUT2D eigenvalue weighted by molar-refractivity contribution is 0.249. The molecule has 7 heteroatoms. The minimum atomic E-state index is -0.440. The van der Waals surface area contributed by atoms with Crippen molar-refractivity contribution in [3.05, 3.63) is 42.2 Å². The fraction of sp³-hybridized carbons (Fsp3) is 0.182. The van der Waals surface area contributed by atoms with Gasteiger partial charge >= 0.3 is 6.03 Å². The summed E-state index contributed by atoms with van der Waals surface area (Å²) in [6.07, 6.45) is 1.36. The maximum absolute atomic E-state index is 12.9. The molecule has 1 aromatic carbocycles. The number of anilines is 1. The van der Waals surface area contributed by atoms with Crippen molar-refractivity contribution in [2.24, 2.45) is 0 Å². The number of urea groups is 1. The first-order valence-electron chi connectivity index (χ1n) is 5.33. The molecule has 0 saturated carbocycles. The molecule has 0 spiro atoms. The second-order valence-corrected chi connectivity index (χ2v) is 3.70. The summed E-state index contributed by atoms with van der Waals surface area (Å²) < 4.78 is 12.9. The van der Waals surface area contributed by atoms with Crippen molar-refractivity contribution in [2.75, 3.05) is 5.32 Å². The number of H-pyrrole nitrogens is 1. The Labute approximate surface area is 103 Å². The Balaban J connectivity index is 1.93. The number of nitrogens with zero attached hydrogens (tertiary/aromatic N) is 2. The number of nitrogens with one attached hydrogen (secondary N) is 3.